The molecule has 0 aromatic heterocycles. The number of hydrogen-bond acceptors (Lipinski definition) is 3. The average Bonchev–Trinajstić information content (AvgIpc) is 3.07. The molecule has 138 valence electrons. The standard InChI is InChI=1S/C21H26N2O3/c1-12(23-18(25)14-7-5-6-8-15(14)19(23)26)17(24)22-16-11-13-9-10-21(16,4)20(13,2)3/h5-8,12-13,16H,9-11H2,1-4H3,(H,22,24). The van der Waals surface area contributed by atoms with Gasteiger partial charge in [-0.2, -0.15) is 0 Å². The van der Waals surface area contributed by atoms with Gasteiger partial charge >= 0.3 is 0 Å². The number of carbonyl (C=O) groups is 3. The molecule has 2 fully saturated rings. The van der Waals surface area contributed by atoms with E-state index in [1.165, 1.54) is 6.42 Å². The number of carbonyl (C=O) groups excluding carboxylic acids is 3. The molecule has 2 saturated carbocycles. The first-order chi connectivity index (χ1) is 12.2. The number of rotatable bonds is 3. The molecule has 26 heavy (non-hydrogen) atoms. The summed E-state index contributed by atoms with van der Waals surface area (Å²) < 4.78 is 0. The minimum Gasteiger partial charge on any atom is -0.351 e. The maximum Gasteiger partial charge on any atom is 0.262 e. The lowest BCUT2D eigenvalue weighted by atomic mass is 9.69. The van der Waals surface area contributed by atoms with Gasteiger partial charge in [0.15, 0.2) is 0 Å². The summed E-state index contributed by atoms with van der Waals surface area (Å²) in [5.74, 6) is -0.387. The molecule has 2 bridgehead atoms. The van der Waals surface area contributed by atoms with Gasteiger partial charge in [0.1, 0.15) is 6.04 Å². The van der Waals surface area contributed by atoms with Gasteiger partial charge in [0, 0.05) is 6.04 Å². The summed E-state index contributed by atoms with van der Waals surface area (Å²) >= 11 is 0. The Bertz CT molecular complexity index is 780. The van der Waals surface area contributed by atoms with Crippen molar-refractivity contribution in [2.45, 2.75) is 59.0 Å². The van der Waals surface area contributed by atoms with E-state index in [4.69, 9.17) is 0 Å². The molecule has 0 radical (unpaired) electrons. The Morgan fingerprint density at radius 1 is 1.15 bits per heavy atom. The second-order valence-corrected chi connectivity index (χ2v) is 8.87. The fourth-order valence-electron chi connectivity index (χ4n) is 5.39. The van der Waals surface area contributed by atoms with Crippen molar-refractivity contribution in [2.75, 3.05) is 0 Å². The average molecular weight is 354 g/mol. The van der Waals surface area contributed by atoms with Crippen LogP contribution in [0, 0.1) is 16.7 Å². The summed E-state index contributed by atoms with van der Waals surface area (Å²) in [7, 11) is 0. The highest BCUT2D eigenvalue weighted by Crippen LogP contribution is 2.65. The molecule has 0 saturated heterocycles. The summed E-state index contributed by atoms with van der Waals surface area (Å²) in [6.45, 7) is 8.49. The summed E-state index contributed by atoms with van der Waals surface area (Å²) in [6, 6.07) is 6.03. The molecule has 1 aromatic rings. The van der Waals surface area contributed by atoms with Crippen LogP contribution in [-0.4, -0.2) is 34.7 Å². The number of imide groups is 1. The van der Waals surface area contributed by atoms with Crippen LogP contribution in [0.3, 0.4) is 0 Å². The van der Waals surface area contributed by atoms with Crippen LogP contribution >= 0.6 is 0 Å². The van der Waals surface area contributed by atoms with Crippen molar-refractivity contribution in [2.24, 2.45) is 16.7 Å². The van der Waals surface area contributed by atoms with E-state index in [0.29, 0.717) is 17.0 Å². The Labute approximate surface area is 154 Å². The van der Waals surface area contributed by atoms with Crippen LogP contribution in [0.5, 0.6) is 0 Å². The highest BCUT2D eigenvalue weighted by atomic mass is 16.2. The van der Waals surface area contributed by atoms with E-state index in [0.717, 1.165) is 17.7 Å². The van der Waals surface area contributed by atoms with Gasteiger partial charge in [-0.15, -0.1) is 0 Å². The van der Waals surface area contributed by atoms with E-state index in [2.05, 4.69) is 26.1 Å². The third-order valence-corrected chi connectivity index (χ3v) is 7.70. The molecule has 1 N–H and O–H groups in total. The molecule has 4 atom stereocenters. The van der Waals surface area contributed by atoms with Crippen molar-refractivity contribution in [3.8, 4) is 0 Å². The van der Waals surface area contributed by atoms with Crippen LogP contribution in [0.4, 0.5) is 0 Å². The van der Waals surface area contributed by atoms with E-state index in [1.807, 2.05) is 0 Å². The lowest BCUT2D eigenvalue weighted by Gasteiger charge is -2.40. The smallest absolute Gasteiger partial charge is 0.262 e. The Hall–Kier alpha value is -2.17. The fourth-order valence-corrected chi connectivity index (χ4v) is 5.39. The molecule has 1 aromatic carbocycles. The minimum absolute atomic E-state index is 0.0645. The van der Waals surface area contributed by atoms with Gasteiger partial charge in [-0.3, -0.25) is 19.3 Å². The molecule has 2 aliphatic carbocycles. The second kappa shape index (κ2) is 5.41. The van der Waals surface area contributed by atoms with Crippen LogP contribution in [0.1, 0.15) is 67.7 Å². The van der Waals surface area contributed by atoms with Gasteiger partial charge in [0.25, 0.3) is 11.8 Å². The lowest BCUT2D eigenvalue weighted by molar-refractivity contribution is -0.126. The summed E-state index contributed by atoms with van der Waals surface area (Å²) in [5, 5.41) is 3.17. The Balaban J connectivity index is 1.52. The van der Waals surface area contributed by atoms with E-state index in [1.54, 1.807) is 31.2 Å². The number of nitrogens with one attached hydrogen (secondary N) is 1. The normalized spacial score (nSPS) is 32.7. The van der Waals surface area contributed by atoms with E-state index in [9.17, 15) is 14.4 Å². The van der Waals surface area contributed by atoms with Gasteiger partial charge in [0.2, 0.25) is 5.91 Å². The number of nitrogens with zero attached hydrogens (tertiary/aromatic N) is 1. The minimum atomic E-state index is -0.812. The van der Waals surface area contributed by atoms with Gasteiger partial charge < -0.3 is 5.32 Å². The second-order valence-electron chi connectivity index (χ2n) is 8.87. The van der Waals surface area contributed by atoms with Crippen molar-refractivity contribution in [3.63, 3.8) is 0 Å². The van der Waals surface area contributed by atoms with Gasteiger partial charge in [-0.25, -0.2) is 0 Å². The molecule has 4 rings (SSSR count). The van der Waals surface area contributed by atoms with Crippen LogP contribution in [0.25, 0.3) is 0 Å². The molecular weight excluding hydrogens is 328 g/mol. The predicted molar refractivity (Wildman–Crippen MR) is 97.6 cm³/mol. The van der Waals surface area contributed by atoms with Crippen molar-refractivity contribution in [1.82, 2.24) is 10.2 Å². The maximum absolute atomic E-state index is 12.9. The number of benzene rings is 1. The van der Waals surface area contributed by atoms with Crippen LogP contribution in [-0.2, 0) is 4.79 Å². The molecule has 0 spiro atoms. The first-order valence-corrected chi connectivity index (χ1v) is 9.46. The SMILES string of the molecule is CC(C(=O)NC1CC2CCC1(C)C2(C)C)N1C(=O)c2ccccc2C1=O. The van der Waals surface area contributed by atoms with Crippen molar-refractivity contribution in [3.05, 3.63) is 35.4 Å². The zero-order valence-corrected chi connectivity index (χ0v) is 15.8. The van der Waals surface area contributed by atoms with E-state index < -0.39 is 6.04 Å². The Morgan fingerprint density at radius 3 is 2.19 bits per heavy atom. The first kappa shape index (κ1) is 17.3. The summed E-state index contributed by atoms with van der Waals surface area (Å²) in [5.41, 5.74) is 1.02. The molecular formula is C21H26N2O3. The first-order valence-electron chi connectivity index (χ1n) is 9.46. The molecule has 4 unspecified atom stereocenters. The van der Waals surface area contributed by atoms with Crippen molar-refractivity contribution in [1.29, 1.82) is 0 Å². The zero-order chi connectivity index (χ0) is 18.9. The quantitative estimate of drug-likeness (QED) is 0.849. The van der Waals surface area contributed by atoms with Gasteiger partial charge in [-0.1, -0.05) is 32.9 Å². The number of hydrogen-bond donors (Lipinski definition) is 1. The Kier molecular flexibility index (Phi) is 3.59. The molecule has 5 nitrogen and oxygen atoms in total. The van der Waals surface area contributed by atoms with Crippen molar-refractivity contribution < 1.29 is 14.4 Å². The molecule has 3 aliphatic rings. The summed E-state index contributed by atoms with van der Waals surface area (Å²) in [6.07, 6.45) is 3.30. The number of amides is 3. The van der Waals surface area contributed by atoms with Crippen LogP contribution < -0.4 is 5.32 Å². The van der Waals surface area contributed by atoms with Gasteiger partial charge in [0.05, 0.1) is 11.1 Å². The third-order valence-electron chi connectivity index (χ3n) is 7.70. The monoisotopic (exact) mass is 354 g/mol. The van der Waals surface area contributed by atoms with Crippen LogP contribution in [0.15, 0.2) is 24.3 Å². The molecule has 1 aliphatic heterocycles. The lowest BCUT2D eigenvalue weighted by Crippen LogP contribution is -2.54. The topological polar surface area (TPSA) is 66.5 Å². The molecule has 3 amide bonds. The summed E-state index contributed by atoms with van der Waals surface area (Å²) in [4.78, 5) is 39.2. The largest absolute Gasteiger partial charge is 0.351 e. The highest BCUT2D eigenvalue weighted by molar-refractivity contribution is 6.22. The number of fused-ring (bicyclic) bond motifs is 3. The van der Waals surface area contributed by atoms with Crippen molar-refractivity contribution >= 4 is 17.7 Å². The maximum atomic E-state index is 12.9. The highest BCUT2D eigenvalue weighted by Gasteiger charge is 2.61. The Morgan fingerprint density at radius 2 is 1.73 bits per heavy atom. The third kappa shape index (κ3) is 2.06. The zero-order valence-electron chi connectivity index (χ0n) is 15.8. The van der Waals surface area contributed by atoms with E-state index >= 15 is 0 Å². The fraction of sp³-hybridized carbons (Fsp3) is 0.571. The molecule has 5 heteroatoms. The predicted octanol–water partition coefficient (Wildman–Crippen LogP) is 3.00. The van der Waals surface area contributed by atoms with E-state index in [-0.39, 0.29) is 34.6 Å². The van der Waals surface area contributed by atoms with Gasteiger partial charge in [-0.05, 0) is 55.1 Å². The van der Waals surface area contributed by atoms with Crippen LogP contribution in [0.2, 0.25) is 0 Å². The molecule has 1 heterocycles.